The second-order valence-corrected chi connectivity index (χ2v) is 7.51. The van der Waals surface area contributed by atoms with Crippen molar-refractivity contribution < 1.29 is 13.9 Å². The Hall–Kier alpha value is -4.11. The van der Waals surface area contributed by atoms with Gasteiger partial charge in [0.15, 0.2) is 0 Å². The van der Waals surface area contributed by atoms with Gasteiger partial charge in [0.2, 0.25) is 5.95 Å². The number of benzene rings is 1. The van der Waals surface area contributed by atoms with Crippen LogP contribution in [0.3, 0.4) is 0 Å². The molecule has 2 N–H and O–H groups in total. The number of nitrogens with one attached hydrogen (secondary N) is 2. The minimum absolute atomic E-state index is 0.0154. The van der Waals surface area contributed by atoms with E-state index >= 15 is 0 Å². The average molecular weight is 479 g/mol. The van der Waals surface area contributed by atoms with Crippen LogP contribution in [0.5, 0.6) is 0 Å². The van der Waals surface area contributed by atoms with Gasteiger partial charge in [0.1, 0.15) is 11.6 Å². The topological polar surface area (TPSA) is 102 Å². The average Bonchev–Trinajstić information content (AvgIpc) is 2.86. The summed E-state index contributed by atoms with van der Waals surface area (Å²) in [5.74, 6) is -0.211. The first-order valence-electron chi connectivity index (χ1n) is 10.4. The van der Waals surface area contributed by atoms with Crippen molar-refractivity contribution in [2.45, 2.75) is 13.5 Å². The maximum Gasteiger partial charge on any atom is 0.339 e. The van der Waals surface area contributed by atoms with E-state index in [2.05, 4.69) is 30.6 Å². The molecule has 4 rings (SSSR count). The Balaban J connectivity index is 1.68. The highest BCUT2D eigenvalue weighted by atomic mass is 35.5. The van der Waals surface area contributed by atoms with Crippen LogP contribution in [0.2, 0.25) is 5.02 Å². The highest BCUT2D eigenvalue weighted by Gasteiger charge is 2.14. The summed E-state index contributed by atoms with van der Waals surface area (Å²) in [6.45, 7) is 2.45. The van der Waals surface area contributed by atoms with E-state index < -0.39 is 11.8 Å². The van der Waals surface area contributed by atoms with Crippen molar-refractivity contribution >= 4 is 35.0 Å². The van der Waals surface area contributed by atoms with E-state index in [1.165, 1.54) is 24.4 Å². The summed E-state index contributed by atoms with van der Waals surface area (Å²) in [4.78, 5) is 29.4. The molecule has 0 saturated heterocycles. The fourth-order valence-corrected chi connectivity index (χ4v) is 3.27. The minimum Gasteiger partial charge on any atom is -0.462 e. The molecule has 0 spiro atoms. The highest BCUT2D eigenvalue weighted by Crippen LogP contribution is 2.29. The second kappa shape index (κ2) is 10.7. The molecule has 0 radical (unpaired) electrons. The van der Waals surface area contributed by atoms with Crippen molar-refractivity contribution in [2.75, 3.05) is 17.2 Å². The normalized spacial score (nSPS) is 10.6. The molecule has 4 aromatic rings. The lowest BCUT2D eigenvalue weighted by atomic mass is 10.1. The molecule has 0 amide bonds. The summed E-state index contributed by atoms with van der Waals surface area (Å²) < 4.78 is 18.6. The van der Waals surface area contributed by atoms with Gasteiger partial charge in [0, 0.05) is 54.3 Å². The van der Waals surface area contributed by atoms with Crippen molar-refractivity contribution in [1.29, 1.82) is 0 Å². The van der Waals surface area contributed by atoms with Crippen molar-refractivity contribution in [3.63, 3.8) is 0 Å². The van der Waals surface area contributed by atoms with Gasteiger partial charge in [-0.2, -0.15) is 4.98 Å². The first-order valence-corrected chi connectivity index (χ1v) is 10.8. The van der Waals surface area contributed by atoms with Crippen LogP contribution >= 0.6 is 11.6 Å². The summed E-state index contributed by atoms with van der Waals surface area (Å²) in [7, 11) is 0. The van der Waals surface area contributed by atoms with Gasteiger partial charge in [0.05, 0.1) is 17.2 Å². The number of nitrogens with zero attached hydrogens (tertiary/aromatic N) is 4. The number of rotatable bonds is 8. The standard InChI is InChI=1S/C24H20ClFN6O2/c1-2-34-23(33)17-8-16(12-28-13-17)19-14-30-24(31-18-5-6-21(26)20(25)9-18)32-22(19)29-11-15-4-3-7-27-10-15/h3-10,12-14H,2,11H2,1H3,(H2,29,30,31,32). The Morgan fingerprint density at radius 1 is 1.12 bits per heavy atom. The lowest BCUT2D eigenvalue weighted by Crippen LogP contribution is -2.08. The van der Waals surface area contributed by atoms with E-state index in [0.29, 0.717) is 34.7 Å². The van der Waals surface area contributed by atoms with E-state index in [-0.39, 0.29) is 17.6 Å². The predicted molar refractivity (Wildman–Crippen MR) is 127 cm³/mol. The minimum atomic E-state index is -0.517. The Morgan fingerprint density at radius 3 is 2.76 bits per heavy atom. The Morgan fingerprint density at radius 2 is 2.00 bits per heavy atom. The second-order valence-electron chi connectivity index (χ2n) is 7.11. The van der Waals surface area contributed by atoms with Crippen LogP contribution in [0.15, 0.2) is 67.4 Å². The maximum atomic E-state index is 13.5. The summed E-state index contributed by atoms with van der Waals surface area (Å²) >= 11 is 5.88. The van der Waals surface area contributed by atoms with Gasteiger partial charge in [-0.15, -0.1) is 0 Å². The molecule has 10 heteroatoms. The first kappa shape index (κ1) is 23.1. The SMILES string of the molecule is CCOC(=O)c1cncc(-c2cnc(Nc3ccc(F)c(Cl)c3)nc2NCc2cccnc2)c1. The van der Waals surface area contributed by atoms with Crippen molar-refractivity contribution in [1.82, 2.24) is 19.9 Å². The molecule has 0 aliphatic heterocycles. The fraction of sp³-hybridized carbons (Fsp3) is 0.125. The van der Waals surface area contributed by atoms with Gasteiger partial charge >= 0.3 is 5.97 Å². The number of hydrogen-bond acceptors (Lipinski definition) is 8. The lowest BCUT2D eigenvalue weighted by molar-refractivity contribution is 0.0526. The third kappa shape index (κ3) is 5.62. The molecule has 0 saturated carbocycles. The Labute approximate surface area is 200 Å². The number of carbonyl (C=O) groups excluding carboxylic acids is 1. The molecule has 1 aromatic carbocycles. The molecule has 8 nitrogen and oxygen atoms in total. The Bertz CT molecular complexity index is 1310. The quantitative estimate of drug-likeness (QED) is 0.331. The molecule has 172 valence electrons. The molecule has 0 atom stereocenters. The molecule has 34 heavy (non-hydrogen) atoms. The highest BCUT2D eigenvalue weighted by molar-refractivity contribution is 6.31. The van der Waals surface area contributed by atoms with Crippen LogP contribution in [-0.4, -0.2) is 32.5 Å². The molecule has 0 fully saturated rings. The number of anilines is 3. The number of aromatic nitrogens is 4. The fourth-order valence-electron chi connectivity index (χ4n) is 3.09. The molecule has 0 bridgehead atoms. The smallest absolute Gasteiger partial charge is 0.339 e. The third-order valence-electron chi connectivity index (χ3n) is 4.71. The number of ether oxygens (including phenoxy) is 1. The zero-order valence-electron chi connectivity index (χ0n) is 18.1. The summed E-state index contributed by atoms with van der Waals surface area (Å²) in [6, 6.07) is 9.69. The first-order chi connectivity index (χ1) is 16.5. The summed E-state index contributed by atoms with van der Waals surface area (Å²) in [5.41, 5.74) is 3.06. The van der Waals surface area contributed by atoms with Gasteiger partial charge in [-0.05, 0) is 42.8 Å². The zero-order chi connectivity index (χ0) is 23.9. The van der Waals surface area contributed by atoms with Crippen LogP contribution in [0.4, 0.5) is 21.8 Å². The Kier molecular flexibility index (Phi) is 7.24. The van der Waals surface area contributed by atoms with Crippen molar-refractivity contribution in [2.24, 2.45) is 0 Å². The molecule has 0 aliphatic carbocycles. The molecule has 0 aliphatic rings. The largest absolute Gasteiger partial charge is 0.462 e. The van der Waals surface area contributed by atoms with Crippen molar-refractivity contribution in [3.8, 4) is 11.1 Å². The van der Waals surface area contributed by atoms with E-state index in [4.69, 9.17) is 16.3 Å². The predicted octanol–water partition coefficient (Wildman–Crippen LogP) is 5.26. The molecule has 3 heterocycles. The molecule has 0 unspecified atom stereocenters. The molecular formula is C24H20ClFN6O2. The number of pyridine rings is 2. The van der Waals surface area contributed by atoms with Crippen LogP contribution < -0.4 is 10.6 Å². The van der Waals surface area contributed by atoms with Crippen LogP contribution in [0.25, 0.3) is 11.1 Å². The number of esters is 1. The van der Waals surface area contributed by atoms with Gasteiger partial charge in [-0.25, -0.2) is 14.2 Å². The zero-order valence-corrected chi connectivity index (χ0v) is 18.9. The van der Waals surface area contributed by atoms with Crippen LogP contribution in [0.1, 0.15) is 22.8 Å². The number of hydrogen-bond donors (Lipinski definition) is 2. The van der Waals surface area contributed by atoms with E-state index in [1.807, 2.05) is 12.1 Å². The lowest BCUT2D eigenvalue weighted by Gasteiger charge is -2.14. The van der Waals surface area contributed by atoms with Gasteiger partial charge in [-0.1, -0.05) is 17.7 Å². The van der Waals surface area contributed by atoms with E-state index in [1.54, 1.807) is 37.8 Å². The van der Waals surface area contributed by atoms with Crippen molar-refractivity contribution in [3.05, 3.63) is 89.3 Å². The molecular weight excluding hydrogens is 459 g/mol. The van der Waals surface area contributed by atoms with E-state index in [0.717, 1.165) is 5.56 Å². The summed E-state index contributed by atoms with van der Waals surface area (Å²) in [6.07, 6.45) is 8.11. The molecule has 3 aromatic heterocycles. The van der Waals surface area contributed by atoms with E-state index in [9.17, 15) is 9.18 Å². The van der Waals surface area contributed by atoms with Crippen LogP contribution in [-0.2, 0) is 11.3 Å². The van der Waals surface area contributed by atoms with Gasteiger partial charge in [-0.3, -0.25) is 9.97 Å². The van der Waals surface area contributed by atoms with Gasteiger partial charge in [0.25, 0.3) is 0 Å². The monoisotopic (exact) mass is 478 g/mol. The maximum absolute atomic E-state index is 13.5. The number of carbonyl (C=O) groups is 1. The third-order valence-corrected chi connectivity index (χ3v) is 5.00. The van der Waals surface area contributed by atoms with Gasteiger partial charge < -0.3 is 15.4 Å². The van der Waals surface area contributed by atoms with Crippen LogP contribution in [0, 0.1) is 5.82 Å². The summed E-state index contributed by atoms with van der Waals surface area (Å²) in [5, 5.41) is 6.29. The number of halogens is 2.